The van der Waals surface area contributed by atoms with Crippen LogP contribution in [0.4, 0.5) is 0 Å². The van der Waals surface area contributed by atoms with E-state index in [-0.39, 0.29) is 5.91 Å². The number of para-hydroxylation sites is 1. The van der Waals surface area contributed by atoms with Crippen LogP contribution < -0.4 is 5.43 Å². The lowest BCUT2D eigenvalue weighted by atomic mass is 10.0. The summed E-state index contributed by atoms with van der Waals surface area (Å²) in [5.41, 5.74) is 9.41. The summed E-state index contributed by atoms with van der Waals surface area (Å²) >= 11 is 0. The van der Waals surface area contributed by atoms with E-state index in [2.05, 4.69) is 20.7 Å². The third kappa shape index (κ3) is 4.27. The Labute approximate surface area is 191 Å². The molecule has 0 aliphatic heterocycles. The minimum atomic E-state index is -0.303. The van der Waals surface area contributed by atoms with Crippen LogP contribution in [0.2, 0.25) is 0 Å². The van der Waals surface area contributed by atoms with Crippen LogP contribution in [-0.4, -0.2) is 27.3 Å². The Morgan fingerprint density at radius 2 is 1.70 bits per heavy atom. The molecule has 33 heavy (non-hydrogen) atoms. The number of hydrazone groups is 1. The van der Waals surface area contributed by atoms with Gasteiger partial charge in [0, 0.05) is 22.1 Å². The van der Waals surface area contributed by atoms with Crippen molar-refractivity contribution in [2.24, 2.45) is 5.10 Å². The van der Waals surface area contributed by atoms with Crippen LogP contribution in [0.5, 0.6) is 0 Å². The van der Waals surface area contributed by atoms with Crippen LogP contribution >= 0.6 is 0 Å². The monoisotopic (exact) mass is 431 g/mol. The first kappa shape index (κ1) is 20.3. The number of aromatic nitrogens is 3. The predicted molar refractivity (Wildman–Crippen MR) is 131 cm³/mol. The molecule has 0 saturated carbocycles. The number of aromatic amines is 1. The number of pyridine rings is 1. The number of carbonyl (C=O) groups is 1. The zero-order valence-corrected chi connectivity index (χ0v) is 18.0. The molecule has 0 aliphatic carbocycles. The topological polar surface area (TPSA) is 83.0 Å². The smallest absolute Gasteiger partial charge is 0.272 e. The fourth-order valence-electron chi connectivity index (χ4n) is 3.69. The molecule has 5 rings (SSSR count). The minimum Gasteiger partial charge on any atom is -0.277 e. The maximum Gasteiger partial charge on any atom is 0.272 e. The fourth-order valence-corrected chi connectivity index (χ4v) is 3.69. The largest absolute Gasteiger partial charge is 0.277 e. The summed E-state index contributed by atoms with van der Waals surface area (Å²) in [4.78, 5) is 17.8. The van der Waals surface area contributed by atoms with Crippen LogP contribution in [-0.2, 0) is 0 Å². The fraction of sp³-hybridized carbons (Fsp3) is 0.0370. The third-order valence-electron chi connectivity index (χ3n) is 5.41. The van der Waals surface area contributed by atoms with Crippen molar-refractivity contribution in [1.82, 2.24) is 20.6 Å². The van der Waals surface area contributed by atoms with Crippen molar-refractivity contribution < 1.29 is 4.79 Å². The van der Waals surface area contributed by atoms with Gasteiger partial charge in [-0.2, -0.15) is 10.2 Å². The van der Waals surface area contributed by atoms with Crippen molar-refractivity contribution in [2.75, 3.05) is 0 Å². The number of rotatable bonds is 5. The lowest BCUT2D eigenvalue weighted by Gasteiger charge is -2.09. The first-order valence-electron chi connectivity index (χ1n) is 10.6. The molecular weight excluding hydrogens is 410 g/mol. The van der Waals surface area contributed by atoms with Gasteiger partial charge in [0.25, 0.3) is 5.91 Å². The number of nitrogens with one attached hydrogen (secondary N) is 2. The van der Waals surface area contributed by atoms with E-state index in [0.29, 0.717) is 5.56 Å². The van der Waals surface area contributed by atoms with Gasteiger partial charge in [-0.25, -0.2) is 10.4 Å². The van der Waals surface area contributed by atoms with Crippen molar-refractivity contribution in [2.45, 2.75) is 6.92 Å². The SMILES string of the molecule is Cc1ccc(-c2[nH]ncc2C=NNC(=O)c2cc(-c3ccccc3)nc3ccccc23)cc1. The lowest BCUT2D eigenvalue weighted by Crippen LogP contribution is -2.18. The molecule has 0 fully saturated rings. The second kappa shape index (κ2) is 8.88. The Kier molecular flexibility index (Phi) is 5.47. The number of hydrogen-bond donors (Lipinski definition) is 2. The summed E-state index contributed by atoms with van der Waals surface area (Å²) in [7, 11) is 0. The van der Waals surface area contributed by atoms with Crippen LogP contribution in [0, 0.1) is 6.92 Å². The van der Waals surface area contributed by atoms with Gasteiger partial charge < -0.3 is 0 Å². The molecule has 6 nitrogen and oxygen atoms in total. The van der Waals surface area contributed by atoms with E-state index in [0.717, 1.165) is 39.0 Å². The lowest BCUT2D eigenvalue weighted by molar-refractivity contribution is 0.0956. The molecule has 2 aromatic heterocycles. The first-order valence-corrected chi connectivity index (χ1v) is 10.6. The van der Waals surface area contributed by atoms with Gasteiger partial charge in [-0.1, -0.05) is 78.4 Å². The molecule has 6 heteroatoms. The molecule has 0 spiro atoms. The van der Waals surface area contributed by atoms with Crippen molar-refractivity contribution in [3.63, 3.8) is 0 Å². The van der Waals surface area contributed by atoms with E-state index in [9.17, 15) is 4.79 Å². The van der Waals surface area contributed by atoms with E-state index >= 15 is 0 Å². The molecule has 0 unspecified atom stereocenters. The summed E-state index contributed by atoms with van der Waals surface area (Å²) in [6, 6.07) is 27.3. The maximum absolute atomic E-state index is 13.1. The van der Waals surface area contributed by atoms with Crippen molar-refractivity contribution in [3.8, 4) is 22.5 Å². The Morgan fingerprint density at radius 1 is 0.939 bits per heavy atom. The number of nitrogens with zero attached hydrogens (tertiary/aromatic N) is 3. The molecule has 3 aromatic carbocycles. The van der Waals surface area contributed by atoms with Gasteiger partial charge in [-0.15, -0.1) is 0 Å². The average Bonchev–Trinajstić information content (AvgIpc) is 3.33. The van der Waals surface area contributed by atoms with E-state index in [1.807, 2.05) is 85.8 Å². The van der Waals surface area contributed by atoms with Gasteiger partial charge in [-0.3, -0.25) is 9.89 Å². The van der Waals surface area contributed by atoms with Gasteiger partial charge >= 0.3 is 0 Å². The summed E-state index contributed by atoms with van der Waals surface area (Å²) in [6.07, 6.45) is 3.28. The number of fused-ring (bicyclic) bond motifs is 1. The second-order valence-electron chi connectivity index (χ2n) is 7.70. The molecule has 2 N–H and O–H groups in total. The number of hydrogen-bond acceptors (Lipinski definition) is 4. The zero-order chi connectivity index (χ0) is 22.6. The van der Waals surface area contributed by atoms with Gasteiger partial charge in [0.2, 0.25) is 0 Å². The molecular formula is C27H21N5O. The van der Waals surface area contributed by atoms with Gasteiger partial charge in [-0.05, 0) is 19.1 Å². The molecule has 2 heterocycles. The van der Waals surface area contributed by atoms with E-state index < -0.39 is 0 Å². The third-order valence-corrected chi connectivity index (χ3v) is 5.41. The molecule has 0 aliphatic rings. The Hall–Kier alpha value is -4.58. The van der Waals surface area contributed by atoms with Crippen LogP contribution in [0.1, 0.15) is 21.5 Å². The van der Waals surface area contributed by atoms with Crippen LogP contribution in [0.15, 0.2) is 96.2 Å². The van der Waals surface area contributed by atoms with Crippen molar-refractivity contribution in [3.05, 3.63) is 108 Å². The van der Waals surface area contributed by atoms with E-state index in [4.69, 9.17) is 4.98 Å². The normalized spacial score (nSPS) is 11.2. The number of benzene rings is 3. The zero-order valence-electron chi connectivity index (χ0n) is 18.0. The average molecular weight is 431 g/mol. The number of amides is 1. The quantitative estimate of drug-likeness (QED) is 0.290. The second-order valence-corrected chi connectivity index (χ2v) is 7.70. The Balaban J connectivity index is 1.43. The summed E-state index contributed by atoms with van der Waals surface area (Å²) in [6.45, 7) is 2.04. The van der Waals surface area contributed by atoms with Crippen LogP contribution in [0.25, 0.3) is 33.4 Å². The molecule has 0 atom stereocenters. The highest BCUT2D eigenvalue weighted by molar-refractivity contribution is 6.07. The standard InChI is InChI=1S/C27H21N5O/c1-18-11-13-20(14-12-18)26-21(16-28-31-26)17-29-32-27(33)23-15-25(19-7-3-2-4-8-19)30-24-10-6-5-9-22(23)24/h2-17H,1H3,(H,28,31)(H,32,33). The van der Waals surface area contributed by atoms with Crippen molar-refractivity contribution in [1.29, 1.82) is 0 Å². The highest BCUT2D eigenvalue weighted by Gasteiger charge is 2.14. The molecule has 160 valence electrons. The maximum atomic E-state index is 13.1. The molecule has 0 bridgehead atoms. The van der Waals surface area contributed by atoms with Gasteiger partial charge in [0.15, 0.2) is 0 Å². The minimum absolute atomic E-state index is 0.303. The predicted octanol–water partition coefficient (Wildman–Crippen LogP) is 5.36. The molecule has 1 amide bonds. The number of carbonyl (C=O) groups excluding carboxylic acids is 1. The van der Waals surface area contributed by atoms with E-state index in [1.165, 1.54) is 5.56 Å². The van der Waals surface area contributed by atoms with Gasteiger partial charge in [0.1, 0.15) is 0 Å². The summed E-state index contributed by atoms with van der Waals surface area (Å²) < 4.78 is 0. The highest BCUT2D eigenvalue weighted by Crippen LogP contribution is 2.25. The van der Waals surface area contributed by atoms with Gasteiger partial charge in [0.05, 0.1) is 34.9 Å². The molecule has 0 radical (unpaired) electrons. The molecule has 5 aromatic rings. The number of H-pyrrole nitrogens is 1. The van der Waals surface area contributed by atoms with E-state index in [1.54, 1.807) is 18.5 Å². The molecule has 0 saturated heterocycles. The van der Waals surface area contributed by atoms with Crippen molar-refractivity contribution >= 4 is 23.0 Å². The Bertz CT molecular complexity index is 1450. The Morgan fingerprint density at radius 3 is 2.52 bits per heavy atom. The summed E-state index contributed by atoms with van der Waals surface area (Å²) in [5, 5.41) is 12.1. The number of aryl methyl sites for hydroxylation is 1. The summed E-state index contributed by atoms with van der Waals surface area (Å²) in [5.74, 6) is -0.303. The highest BCUT2D eigenvalue weighted by atomic mass is 16.2. The first-order chi connectivity index (χ1) is 16.2. The van der Waals surface area contributed by atoms with Crippen LogP contribution in [0.3, 0.4) is 0 Å².